The lowest BCUT2D eigenvalue weighted by Gasteiger charge is -2.02. The quantitative estimate of drug-likeness (QED) is 0.472. The molecule has 70 valence electrons. The number of halogens is 2. The van der Waals surface area contributed by atoms with E-state index < -0.39 is 0 Å². The number of carbonyl (C=O) groups excluding carboxylic acids is 1. The summed E-state index contributed by atoms with van der Waals surface area (Å²) in [7, 11) is 0. The molecule has 0 bridgehead atoms. The Balaban J connectivity index is 2.72. The van der Waals surface area contributed by atoms with Crippen molar-refractivity contribution < 1.29 is 4.79 Å². The first kappa shape index (κ1) is 11.0. The van der Waals surface area contributed by atoms with Crippen molar-refractivity contribution in [3.8, 4) is 0 Å². The Morgan fingerprint density at radius 3 is 2.46 bits per heavy atom. The Morgan fingerprint density at radius 1 is 1.46 bits per heavy atom. The molecule has 1 nitrogen and oxygen atoms in total. The van der Waals surface area contributed by atoms with Gasteiger partial charge in [0.2, 0.25) is 0 Å². The average molecular weight is 309 g/mol. The molecule has 0 spiro atoms. The topological polar surface area (TPSA) is 17.1 Å². The SMILES string of the molecule is CC(I)CC(=O)c1ccc(Cl)cc1. The number of ketones is 1. The molecular weight excluding hydrogens is 298 g/mol. The highest BCUT2D eigenvalue weighted by Crippen LogP contribution is 2.14. The summed E-state index contributed by atoms with van der Waals surface area (Å²) in [5.41, 5.74) is 0.743. The molecule has 0 fully saturated rings. The van der Waals surface area contributed by atoms with Crippen molar-refractivity contribution in [3.05, 3.63) is 34.9 Å². The summed E-state index contributed by atoms with van der Waals surface area (Å²) in [5, 5.41) is 0.666. The van der Waals surface area contributed by atoms with E-state index in [9.17, 15) is 4.79 Å². The van der Waals surface area contributed by atoms with Crippen LogP contribution >= 0.6 is 34.2 Å². The van der Waals surface area contributed by atoms with Crippen LogP contribution in [0.15, 0.2) is 24.3 Å². The van der Waals surface area contributed by atoms with Gasteiger partial charge >= 0.3 is 0 Å². The molecule has 1 rings (SSSR count). The molecule has 0 aromatic heterocycles. The fraction of sp³-hybridized carbons (Fsp3) is 0.300. The standard InChI is InChI=1S/C10H10ClIO/c1-7(12)6-10(13)8-2-4-9(11)5-3-8/h2-5,7H,6H2,1H3. The number of benzene rings is 1. The predicted octanol–water partition coefficient (Wildman–Crippen LogP) is 3.74. The second kappa shape index (κ2) is 4.96. The van der Waals surface area contributed by atoms with E-state index in [4.69, 9.17) is 11.6 Å². The number of alkyl halides is 1. The Labute approximate surface area is 96.6 Å². The van der Waals surface area contributed by atoms with Gasteiger partial charge in [0.25, 0.3) is 0 Å². The van der Waals surface area contributed by atoms with E-state index >= 15 is 0 Å². The Kier molecular flexibility index (Phi) is 4.19. The zero-order valence-electron chi connectivity index (χ0n) is 7.26. The van der Waals surface area contributed by atoms with Crippen molar-refractivity contribution >= 4 is 40.0 Å². The number of Topliss-reactive ketones (excluding diaryl/α,β-unsaturated/α-hetero) is 1. The zero-order valence-corrected chi connectivity index (χ0v) is 10.2. The van der Waals surface area contributed by atoms with E-state index in [2.05, 4.69) is 22.6 Å². The van der Waals surface area contributed by atoms with Crippen molar-refractivity contribution in [3.63, 3.8) is 0 Å². The molecule has 0 saturated carbocycles. The van der Waals surface area contributed by atoms with Gasteiger partial charge in [0.1, 0.15) is 0 Å². The maximum Gasteiger partial charge on any atom is 0.163 e. The fourth-order valence-electron chi connectivity index (χ4n) is 1.01. The summed E-state index contributed by atoms with van der Waals surface area (Å²) in [4.78, 5) is 11.5. The average Bonchev–Trinajstić information content (AvgIpc) is 2.04. The third kappa shape index (κ3) is 3.65. The first-order valence-electron chi connectivity index (χ1n) is 4.02. The van der Waals surface area contributed by atoms with E-state index in [1.807, 2.05) is 6.92 Å². The van der Waals surface area contributed by atoms with Crippen molar-refractivity contribution in [2.75, 3.05) is 0 Å². The lowest BCUT2D eigenvalue weighted by molar-refractivity contribution is 0.0984. The lowest BCUT2D eigenvalue weighted by Crippen LogP contribution is -2.04. The molecule has 0 aliphatic carbocycles. The number of rotatable bonds is 3. The maximum atomic E-state index is 11.5. The largest absolute Gasteiger partial charge is 0.294 e. The minimum atomic E-state index is 0.179. The Hall–Kier alpha value is -0.0900. The first-order valence-corrected chi connectivity index (χ1v) is 5.65. The second-order valence-electron chi connectivity index (χ2n) is 2.91. The molecule has 1 atom stereocenters. The van der Waals surface area contributed by atoms with Crippen molar-refractivity contribution in [2.45, 2.75) is 17.3 Å². The molecule has 1 aromatic rings. The van der Waals surface area contributed by atoms with Gasteiger partial charge in [0.15, 0.2) is 5.78 Å². The molecule has 1 unspecified atom stereocenters. The van der Waals surface area contributed by atoms with E-state index in [0.717, 1.165) is 5.56 Å². The highest BCUT2D eigenvalue weighted by molar-refractivity contribution is 14.1. The fourth-order valence-corrected chi connectivity index (χ4v) is 1.54. The zero-order chi connectivity index (χ0) is 9.84. The van der Waals surface area contributed by atoms with Gasteiger partial charge in [-0.3, -0.25) is 4.79 Å². The van der Waals surface area contributed by atoms with Gasteiger partial charge in [0, 0.05) is 20.9 Å². The third-order valence-corrected chi connectivity index (χ3v) is 2.33. The predicted molar refractivity (Wildman–Crippen MR) is 63.9 cm³/mol. The van der Waals surface area contributed by atoms with Crippen LogP contribution < -0.4 is 0 Å². The molecule has 0 radical (unpaired) electrons. The molecule has 13 heavy (non-hydrogen) atoms. The molecular formula is C10H10ClIO. The van der Waals surface area contributed by atoms with Gasteiger partial charge < -0.3 is 0 Å². The van der Waals surface area contributed by atoms with E-state index in [1.54, 1.807) is 24.3 Å². The molecule has 0 N–H and O–H groups in total. The van der Waals surface area contributed by atoms with Gasteiger partial charge in [0.05, 0.1) is 0 Å². The summed E-state index contributed by atoms with van der Waals surface area (Å²) < 4.78 is 0.376. The Morgan fingerprint density at radius 2 is 2.00 bits per heavy atom. The van der Waals surface area contributed by atoms with Crippen LogP contribution in [0.25, 0.3) is 0 Å². The van der Waals surface area contributed by atoms with Crippen LogP contribution in [-0.2, 0) is 0 Å². The number of hydrogen-bond donors (Lipinski definition) is 0. The van der Waals surface area contributed by atoms with E-state index in [0.29, 0.717) is 15.4 Å². The first-order chi connectivity index (χ1) is 6.09. The summed E-state index contributed by atoms with van der Waals surface area (Å²) >= 11 is 7.95. The summed E-state index contributed by atoms with van der Waals surface area (Å²) in [6.07, 6.45) is 0.586. The minimum absolute atomic E-state index is 0.179. The molecule has 3 heteroatoms. The molecule has 0 aliphatic rings. The molecule has 0 aliphatic heterocycles. The van der Waals surface area contributed by atoms with Crippen LogP contribution in [0.2, 0.25) is 5.02 Å². The summed E-state index contributed by atoms with van der Waals surface area (Å²) in [6, 6.07) is 7.02. The van der Waals surface area contributed by atoms with Crippen LogP contribution in [0.4, 0.5) is 0 Å². The van der Waals surface area contributed by atoms with Crippen LogP contribution in [0.5, 0.6) is 0 Å². The van der Waals surface area contributed by atoms with Crippen molar-refractivity contribution in [2.24, 2.45) is 0 Å². The van der Waals surface area contributed by atoms with Crippen LogP contribution in [-0.4, -0.2) is 9.71 Å². The van der Waals surface area contributed by atoms with Crippen molar-refractivity contribution in [1.82, 2.24) is 0 Å². The van der Waals surface area contributed by atoms with Gasteiger partial charge in [-0.1, -0.05) is 41.1 Å². The summed E-state index contributed by atoms with van der Waals surface area (Å²) in [5.74, 6) is 0.179. The van der Waals surface area contributed by atoms with Crippen LogP contribution in [0, 0.1) is 0 Å². The number of hydrogen-bond acceptors (Lipinski definition) is 1. The lowest BCUT2D eigenvalue weighted by atomic mass is 10.1. The third-order valence-electron chi connectivity index (χ3n) is 1.63. The highest BCUT2D eigenvalue weighted by Gasteiger charge is 2.08. The smallest absolute Gasteiger partial charge is 0.163 e. The van der Waals surface area contributed by atoms with Crippen LogP contribution in [0.3, 0.4) is 0 Å². The normalized spacial score (nSPS) is 12.5. The van der Waals surface area contributed by atoms with Gasteiger partial charge in [-0.2, -0.15) is 0 Å². The van der Waals surface area contributed by atoms with Gasteiger partial charge in [-0.05, 0) is 24.3 Å². The second-order valence-corrected chi connectivity index (χ2v) is 5.48. The highest BCUT2D eigenvalue weighted by atomic mass is 127. The molecule has 0 heterocycles. The van der Waals surface area contributed by atoms with E-state index in [-0.39, 0.29) is 5.78 Å². The minimum Gasteiger partial charge on any atom is -0.294 e. The molecule has 1 aromatic carbocycles. The molecule has 0 saturated heterocycles. The van der Waals surface area contributed by atoms with E-state index in [1.165, 1.54) is 0 Å². The summed E-state index contributed by atoms with van der Waals surface area (Å²) in [6.45, 7) is 2.02. The van der Waals surface area contributed by atoms with Gasteiger partial charge in [-0.25, -0.2) is 0 Å². The van der Waals surface area contributed by atoms with Gasteiger partial charge in [-0.15, -0.1) is 0 Å². The molecule has 0 amide bonds. The monoisotopic (exact) mass is 308 g/mol. The maximum absolute atomic E-state index is 11.5. The van der Waals surface area contributed by atoms with Crippen LogP contribution in [0.1, 0.15) is 23.7 Å². The number of carbonyl (C=O) groups is 1. The van der Waals surface area contributed by atoms with Crippen molar-refractivity contribution in [1.29, 1.82) is 0 Å². The Bertz CT molecular complexity index is 292.